The Morgan fingerprint density at radius 2 is 2.23 bits per heavy atom. The summed E-state index contributed by atoms with van der Waals surface area (Å²) >= 11 is 4.83. The summed E-state index contributed by atoms with van der Waals surface area (Å²) in [6, 6.07) is 1.52. The van der Waals surface area contributed by atoms with Gasteiger partial charge in [0, 0.05) is 11.0 Å². The highest BCUT2D eigenvalue weighted by atomic mass is 127. The maximum absolute atomic E-state index is 12.4. The van der Waals surface area contributed by atoms with Gasteiger partial charge in [0.05, 0.1) is 11.3 Å². The van der Waals surface area contributed by atoms with Crippen molar-refractivity contribution in [2.24, 2.45) is 5.73 Å². The summed E-state index contributed by atoms with van der Waals surface area (Å²) < 4.78 is 25.5. The SMILES string of the molecule is NCc1cc(Br)c(C(F)F)c(I)n1. The fourth-order valence-corrected chi connectivity index (χ4v) is 2.67. The lowest BCUT2D eigenvalue weighted by molar-refractivity contribution is 0.149. The van der Waals surface area contributed by atoms with Crippen molar-refractivity contribution in [1.29, 1.82) is 0 Å². The average molecular weight is 363 g/mol. The second-order valence-corrected chi connectivity index (χ2v) is 4.18. The maximum Gasteiger partial charge on any atom is 0.267 e. The third-order valence-corrected chi connectivity index (χ3v) is 2.92. The third-order valence-electron chi connectivity index (χ3n) is 1.44. The average Bonchev–Trinajstić information content (AvgIpc) is 2.02. The van der Waals surface area contributed by atoms with Crippen LogP contribution in [0.4, 0.5) is 8.78 Å². The monoisotopic (exact) mass is 362 g/mol. The molecule has 1 heterocycles. The van der Waals surface area contributed by atoms with Crippen LogP contribution in [0.2, 0.25) is 0 Å². The van der Waals surface area contributed by atoms with Crippen molar-refractivity contribution >= 4 is 38.5 Å². The van der Waals surface area contributed by atoms with Crippen LogP contribution in [-0.2, 0) is 6.54 Å². The van der Waals surface area contributed by atoms with Crippen molar-refractivity contribution in [2.75, 3.05) is 0 Å². The molecule has 0 radical (unpaired) electrons. The Morgan fingerprint density at radius 1 is 1.62 bits per heavy atom. The van der Waals surface area contributed by atoms with Gasteiger partial charge >= 0.3 is 0 Å². The molecule has 2 nitrogen and oxygen atoms in total. The number of hydrogen-bond acceptors (Lipinski definition) is 2. The van der Waals surface area contributed by atoms with Gasteiger partial charge in [0.25, 0.3) is 6.43 Å². The molecule has 0 amide bonds. The van der Waals surface area contributed by atoms with E-state index in [2.05, 4.69) is 20.9 Å². The Bertz CT molecular complexity index is 296. The van der Waals surface area contributed by atoms with E-state index in [1.165, 1.54) is 6.07 Å². The lowest BCUT2D eigenvalue weighted by Crippen LogP contribution is -2.04. The summed E-state index contributed by atoms with van der Waals surface area (Å²) in [5, 5.41) is 0. The Morgan fingerprint density at radius 3 is 2.62 bits per heavy atom. The number of aromatic nitrogens is 1. The summed E-state index contributed by atoms with van der Waals surface area (Å²) in [5.74, 6) is 0. The molecule has 13 heavy (non-hydrogen) atoms. The van der Waals surface area contributed by atoms with Crippen LogP contribution in [0.15, 0.2) is 10.5 Å². The quantitative estimate of drug-likeness (QED) is 0.649. The number of nitrogens with zero attached hydrogens (tertiary/aromatic N) is 1. The highest BCUT2D eigenvalue weighted by Gasteiger charge is 2.17. The Kier molecular flexibility index (Phi) is 3.99. The molecule has 2 N–H and O–H groups in total. The molecule has 1 rings (SSSR count). The van der Waals surface area contributed by atoms with Crippen LogP contribution in [0, 0.1) is 3.70 Å². The number of pyridine rings is 1. The van der Waals surface area contributed by atoms with Crippen LogP contribution in [0.1, 0.15) is 17.7 Å². The van der Waals surface area contributed by atoms with Crippen molar-refractivity contribution in [3.05, 3.63) is 25.5 Å². The summed E-state index contributed by atoms with van der Waals surface area (Å²) in [6.45, 7) is 0.248. The molecule has 0 aliphatic heterocycles. The van der Waals surface area contributed by atoms with Crippen molar-refractivity contribution in [3.63, 3.8) is 0 Å². The van der Waals surface area contributed by atoms with Gasteiger partial charge in [0.1, 0.15) is 3.70 Å². The van der Waals surface area contributed by atoms with Gasteiger partial charge in [-0.05, 0) is 28.7 Å². The molecule has 0 aromatic carbocycles. The van der Waals surface area contributed by atoms with Crippen LogP contribution in [0.3, 0.4) is 0 Å². The molecule has 0 unspecified atom stereocenters. The first-order valence-electron chi connectivity index (χ1n) is 3.39. The molecule has 0 saturated heterocycles. The molecule has 0 spiro atoms. The largest absolute Gasteiger partial charge is 0.325 e. The molecule has 0 aliphatic rings. The van der Waals surface area contributed by atoms with E-state index in [4.69, 9.17) is 5.73 Å². The first-order valence-corrected chi connectivity index (χ1v) is 5.26. The minimum atomic E-state index is -2.51. The smallest absolute Gasteiger partial charge is 0.267 e. The Hall–Kier alpha value is 0.180. The fraction of sp³-hybridized carbons (Fsp3) is 0.286. The van der Waals surface area contributed by atoms with Crippen LogP contribution in [0.25, 0.3) is 0 Å². The van der Waals surface area contributed by atoms with E-state index in [9.17, 15) is 8.78 Å². The summed E-state index contributed by atoms with van der Waals surface area (Å²) in [6.07, 6.45) is -2.51. The predicted octanol–water partition coefficient (Wildman–Crippen LogP) is 2.85. The van der Waals surface area contributed by atoms with Gasteiger partial charge in [0.2, 0.25) is 0 Å². The van der Waals surface area contributed by atoms with E-state index in [1.807, 2.05) is 0 Å². The molecule has 0 saturated carbocycles. The molecule has 72 valence electrons. The van der Waals surface area contributed by atoms with Crippen LogP contribution in [0.5, 0.6) is 0 Å². The zero-order valence-corrected chi connectivity index (χ0v) is 10.1. The number of hydrogen-bond donors (Lipinski definition) is 1. The topological polar surface area (TPSA) is 38.9 Å². The number of halogens is 4. The zero-order valence-electron chi connectivity index (χ0n) is 6.40. The van der Waals surface area contributed by atoms with Gasteiger partial charge in [-0.15, -0.1) is 0 Å². The molecule has 0 atom stereocenters. The minimum Gasteiger partial charge on any atom is -0.325 e. The van der Waals surface area contributed by atoms with Crippen molar-refractivity contribution in [3.8, 4) is 0 Å². The van der Waals surface area contributed by atoms with Gasteiger partial charge in [-0.1, -0.05) is 15.9 Å². The standard InChI is InChI=1S/C7H6BrF2IN2/c8-4-1-3(2-12)13-7(11)5(4)6(9)10/h1,6H,2,12H2. The van der Waals surface area contributed by atoms with E-state index >= 15 is 0 Å². The summed E-state index contributed by atoms with van der Waals surface area (Å²) in [5.41, 5.74) is 5.87. The molecule has 1 aromatic heterocycles. The van der Waals surface area contributed by atoms with E-state index in [1.54, 1.807) is 22.6 Å². The predicted molar refractivity (Wildman–Crippen MR) is 57.5 cm³/mol. The van der Waals surface area contributed by atoms with Gasteiger partial charge in [-0.25, -0.2) is 13.8 Å². The molecular formula is C7H6BrF2IN2. The first-order chi connectivity index (χ1) is 6.06. The number of alkyl halides is 2. The lowest BCUT2D eigenvalue weighted by Gasteiger charge is -2.07. The second-order valence-electron chi connectivity index (χ2n) is 2.30. The molecule has 6 heteroatoms. The Labute approximate surface area is 96.2 Å². The van der Waals surface area contributed by atoms with Crippen LogP contribution >= 0.6 is 38.5 Å². The minimum absolute atomic E-state index is 0.0715. The first kappa shape index (κ1) is 11.3. The fourth-order valence-electron chi connectivity index (χ4n) is 0.840. The van der Waals surface area contributed by atoms with Gasteiger partial charge in [-0.3, -0.25) is 0 Å². The summed E-state index contributed by atoms with van der Waals surface area (Å²) in [4.78, 5) is 3.93. The van der Waals surface area contributed by atoms with E-state index < -0.39 is 6.43 Å². The maximum atomic E-state index is 12.4. The van der Waals surface area contributed by atoms with Crippen molar-refractivity contribution < 1.29 is 8.78 Å². The van der Waals surface area contributed by atoms with Gasteiger partial charge in [-0.2, -0.15) is 0 Å². The van der Waals surface area contributed by atoms with E-state index in [0.717, 1.165) is 0 Å². The Balaban J connectivity index is 3.23. The zero-order chi connectivity index (χ0) is 10.0. The molecule has 0 bridgehead atoms. The number of nitrogens with two attached hydrogens (primary N) is 1. The lowest BCUT2D eigenvalue weighted by atomic mass is 10.2. The highest BCUT2D eigenvalue weighted by Crippen LogP contribution is 2.30. The highest BCUT2D eigenvalue weighted by molar-refractivity contribution is 14.1. The van der Waals surface area contributed by atoms with Crippen LogP contribution in [-0.4, -0.2) is 4.98 Å². The third kappa shape index (κ3) is 2.57. The van der Waals surface area contributed by atoms with Gasteiger partial charge < -0.3 is 5.73 Å². The molecule has 0 aliphatic carbocycles. The normalized spacial score (nSPS) is 10.9. The second kappa shape index (κ2) is 4.61. The number of rotatable bonds is 2. The van der Waals surface area contributed by atoms with Crippen LogP contribution < -0.4 is 5.73 Å². The summed E-state index contributed by atoms with van der Waals surface area (Å²) in [7, 11) is 0. The molecule has 1 aromatic rings. The van der Waals surface area contributed by atoms with Crippen molar-refractivity contribution in [2.45, 2.75) is 13.0 Å². The van der Waals surface area contributed by atoms with E-state index in [-0.39, 0.29) is 12.1 Å². The molecule has 0 fully saturated rings. The molecular weight excluding hydrogens is 357 g/mol. The van der Waals surface area contributed by atoms with Crippen molar-refractivity contribution in [1.82, 2.24) is 4.98 Å². The van der Waals surface area contributed by atoms with E-state index in [0.29, 0.717) is 13.9 Å². The van der Waals surface area contributed by atoms with Gasteiger partial charge in [0.15, 0.2) is 0 Å².